The number of fused-ring (bicyclic) bond motifs is 5. The van der Waals surface area contributed by atoms with Crippen molar-refractivity contribution in [3.63, 3.8) is 0 Å². The molecule has 5 rings (SSSR count). The first kappa shape index (κ1) is 44.5. The van der Waals surface area contributed by atoms with Crippen LogP contribution in [0.15, 0.2) is 35.9 Å². The van der Waals surface area contributed by atoms with Gasteiger partial charge < -0.3 is 34.3 Å². The number of aliphatic hydroxyl groups is 1. The topological polar surface area (TPSA) is 289 Å². The molecule has 0 spiro atoms. The molecule has 3 fully saturated rings. The Morgan fingerprint density at radius 2 is 1.59 bits per heavy atom. The molecule has 0 radical (unpaired) electrons. The molecule has 4 aliphatic rings. The third-order valence-corrected chi connectivity index (χ3v) is 12.0. The predicted molar refractivity (Wildman–Crippen MR) is 185 cm³/mol. The predicted octanol–water partition coefficient (Wildman–Crippen LogP) is 3.58. The highest BCUT2D eigenvalue weighted by molar-refractivity contribution is 6.01. The van der Waals surface area contributed by atoms with Crippen LogP contribution in [0.5, 0.6) is 17.2 Å². The molecule has 21 heteroatoms. The minimum Gasteiger partial charge on any atom is -0.504 e. The van der Waals surface area contributed by atoms with Gasteiger partial charge in [-0.1, -0.05) is 18.6 Å². The number of carbonyl (C=O) groups is 5. The van der Waals surface area contributed by atoms with Gasteiger partial charge in [0.05, 0.1) is 42.3 Å². The van der Waals surface area contributed by atoms with Crippen LogP contribution in [-0.2, 0) is 38.3 Å². The molecule has 0 heterocycles. The average Bonchev–Trinajstić information content (AvgIpc) is 3.44. The lowest BCUT2D eigenvalue weighted by molar-refractivity contribution is -0.492. The van der Waals surface area contributed by atoms with E-state index in [1.807, 2.05) is 0 Å². The Labute approximate surface area is 330 Å². The van der Waals surface area contributed by atoms with E-state index in [4.69, 9.17) is 39.8 Å². The number of allylic oxidation sites excluding steroid dienone is 4. The van der Waals surface area contributed by atoms with Crippen LogP contribution in [0.25, 0.3) is 0 Å². The van der Waals surface area contributed by atoms with Gasteiger partial charge in [0.1, 0.15) is 0 Å². The van der Waals surface area contributed by atoms with Crippen molar-refractivity contribution in [3.05, 3.63) is 41.5 Å². The number of unbranched alkanes of at least 4 members (excludes halogenated alkanes) is 1. The molecule has 0 aromatic heterocycles. The lowest BCUT2D eigenvalue weighted by Gasteiger charge is -2.62. The summed E-state index contributed by atoms with van der Waals surface area (Å²) in [7, 11) is 0. The van der Waals surface area contributed by atoms with E-state index in [0.29, 0.717) is 12.0 Å². The van der Waals surface area contributed by atoms with Gasteiger partial charge in [-0.25, -0.2) is 14.0 Å². The van der Waals surface area contributed by atoms with Crippen molar-refractivity contribution in [2.45, 2.75) is 89.0 Å². The molecular weight excluding hydrogens is 779 g/mol. The number of aromatic hydroxyl groups is 2. The summed E-state index contributed by atoms with van der Waals surface area (Å²) in [6, 6.07) is 1.69. The zero-order chi connectivity index (χ0) is 42.6. The maximum Gasteiger partial charge on any atom is 0.514 e. The summed E-state index contributed by atoms with van der Waals surface area (Å²) in [6.45, 7) is 1.53. The number of phenolic OH excluding ortho intramolecular Hbond substituents is 2. The summed E-state index contributed by atoms with van der Waals surface area (Å²) in [5, 5.41) is 66.0. The number of halogens is 1. The normalized spacial score (nSPS) is 29.9. The SMILES string of the molecule is C[C@]12C=CC(=O)C=C1CCC1C3CC[C@](OC(=O)CCCON(O)O)(C(=O)COC(=O)Oc4cc(C(=O)OCCCCON(O)O)cc(O)c4O)[C@@]3(C)C[C@H](O)[C@@]12F. The van der Waals surface area contributed by atoms with Crippen LogP contribution in [0.2, 0.25) is 0 Å². The number of aliphatic hydroxyl groups excluding tert-OH is 1. The largest absolute Gasteiger partial charge is 0.514 e. The number of nitrogens with zero attached hydrogens (tertiary/aromatic N) is 2. The number of Topliss-reactive ketones (excluding diaryl/α,β-unsaturated/α-hetero) is 1. The van der Waals surface area contributed by atoms with Crippen LogP contribution in [-0.4, -0.2) is 120 Å². The first-order valence-electron chi connectivity index (χ1n) is 18.5. The Morgan fingerprint density at radius 3 is 2.28 bits per heavy atom. The first-order chi connectivity index (χ1) is 27.3. The first-order valence-corrected chi connectivity index (χ1v) is 18.5. The van der Waals surface area contributed by atoms with Crippen molar-refractivity contribution in [1.82, 2.24) is 10.8 Å². The molecule has 1 aromatic rings. The highest BCUT2D eigenvalue weighted by Gasteiger charge is 2.75. The molecule has 7 N–H and O–H groups in total. The van der Waals surface area contributed by atoms with Crippen molar-refractivity contribution in [2.75, 3.05) is 26.4 Å². The van der Waals surface area contributed by atoms with Crippen molar-refractivity contribution in [2.24, 2.45) is 22.7 Å². The highest BCUT2D eigenvalue weighted by atomic mass is 19.1. The van der Waals surface area contributed by atoms with E-state index >= 15 is 4.39 Å². The van der Waals surface area contributed by atoms with Crippen LogP contribution in [0.4, 0.5) is 9.18 Å². The Hall–Kier alpha value is -4.58. The van der Waals surface area contributed by atoms with Crippen molar-refractivity contribution in [3.8, 4) is 17.2 Å². The van der Waals surface area contributed by atoms with Gasteiger partial charge in [-0.15, -0.1) is 0 Å². The summed E-state index contributed by atoms with van der Waals surface area (Å²) >= 11 is 0. The lowest BCUT2D eigenvalue weighted by atomic mass is 9.44. The van der Waals surface area contributed by atoms with E-state index in [0.717, 1.165) is 12.1 Å². The molecule has 0 amide bonds. The van der Waals surface area contributed by atoms with Crippen LogP contribution in [0.1, 0.15) is 82.0 Å². The molecule has 58 heavy (non-hydrogen) atoms. The van der Waals surface area contributed by atoms with Crippen molar-refractivity contribution >= 4 is 29.7 Å². The zero-order valence-corrected chi connectivity index (χ0v) is 31.7. The molecule has 0 bridgehead atoms. The van der Waals surface area contributed by atoms with Gasteiger partial charge in [-0.05, 0) is 88.5 Å². The number of ketones is 2. The Bertz CT molecular complexity index is 1820. The van der Waals surface area contributed by atoms with E-state index in [2.05, 4.69) is 9.68 Å². The van der Waals surface area contributed by atoms with Crippen molar-refractivity contribution in [1.29, 1.82) is 0 Å². The molecule has 0 aliphatic heterocycles. The maximum atomic E-state index is 17.7. The molecular formula is C37H47FN2O18. The molecule has 1 aromatic carbocycles. The number of benzene rings is 1. The molecule has 3 saturated carbocycles. The zero-order valence-electron chi connectivity index (χ0n) is 31.7. The quantitative estimate of drug-likeness (QED) is 0.0295. The summed E-state index contributed by atoms with van der Waals surface area (Å²) in [4.78, 5) is 74.3. The van der Waals surface area contributed by atoms with Crippen LogP contribution >= 0.6 is 0 Å². The third kappa shape index (κ3) is 8.58. The maximum absolute atomic E-state index is 17.7. The third-order valence-electron chi connectivity index (χ3n) is 12.0. The number of ether oxygens (including phenoxy) is 4. The van der Waals surface area contributed by atoms with E-state index in [9.17, 15) is 39.3 Å². The molecule has 20 nitrogen and oxygen atoms in total. The highest BCUT2D eigenvalue weighted by Crippen LogP contribution is 2.70. The minimum absolute atomic E-state index is 0.0902. The number of rotatable bonds is 17. The number of hydrogen-bond acceptors (Lipinski definition) is 20. The smallest absolute Gasteiger partial charge is 0.504 e. The van der Waals surface area contributed by atoms with Crippen LogP contribution < -0.4 is 4.74 Å². The summed E-state index contributed by atoms with van der Waals surface area (Å²) in [5.41, 5.74) is -6.94. The average molecular weight is 827 g/mol. The van der Waals surface area contributed by atoms with Gasteiger partial charge in [0.25, 0.3) is 0 Å². The van der Waals surface area contributed by atoms with Gasteiger partial charge in [0, 0.05) is 23.2 Å². The molecule has 2 unspecified atom stereocenters. The van der Waals surface area contributed by atoms with Crippen LogP contribution in [0, 0.1) is 22.7 Å². The minimum atomic E-state index is -2.27. The second kappa shape index (κ2) is 17.7. The standard InChI is InChI=1S/C37H47FN2O18/c1-34-11-9-23(41)18-22(34)7-8-25-24-10-12-36(35(24,2)19-28(43)37(25,34)38,58-30(45)6-5-15-56-40(51)52)29(44)20-54-33(48)57-27-17-21(16-26(42)31(27)46)32(47)53-13-3-4-14-55-39(49)50/h9,11,16-18,24-25,28,42-43,46,49-52H,3-8,10,12-15,19-20H2,1-2H3/t24?,25?,28-,34-,35-,36-,37-/m0/s1. The molecule has 320 valence electrons. The molecule has 7 atom stereocenters. The summed E-state index contributed by atoms with van der Waals surface area (Å²) in [5.74, 6) is -7.29. The van der Waals surface area contributed by atoms with E-state index in [-0.39, 0.29) is 82.5 Å². The Balaban J connectivity index is 1.33. The summed E-state index contributed by atoms with van der Waals surface area (Å²) in [6.07, 6.45) is 0.995. The fourth-order valence-corrected chi connectivity index (χ4v) is 9.24. The Morgan fingerprint density at radius 1 is 0.914 bits per heavy atom. The number of phenols is 2. The van der Waals surface area contributed by atoms with E-state index in [1.165, 1.54) is 18.2 Å². The van der Waals surface area contributed by atoms with Crippen LogP contribution in [0.3, 0.4) is 0 Å². The monoisotopic (exact) mass is 826 g/mol. The van der Waals surface area contributed by atoms with Gasteiger partial charge in [0.2, 0.25) is 11.5 Å². The molecule has 4 aliphatic carbocycles. The number of carbonyl (C=O) groups excluding carboxylic acids is 5. The second-order valence-corrected chi connectivity index (χ2v) is 15.1. The number of alkyl halides is 1. The van der Waals surface area contributed by atoms with Gasteiger partial charge in [0.15, 0.2) is 35.2 Å². The van der Waals surface area contributed by atoms with Gasteiger partial charge in [-0.3, -0.25) is 44.9 Å². The fraction of sp³-hybridized carbons (Fsp3) is 0.595. The summed E-state index contributed by atoms with van der Waals surface area (Å²) < 4.78 is 38.9. The van der Waals surface area contributed by atoms with Gasteiger partial charge in [-0.2, -0.15) is 0 Å². The van der Waals surface area contributed by atoms with E-state index < -0.39 is 98.6 Å². The van der Waals surface area contributed by atoms with Gasteiger partial charge >= 0.3 is 18.1 Å². The number of esters is 2. The van der Waals surface area contributed by atoms with E-state index in [1.54, 1.807) is 13.8 Å². The lowest BCUT2D eigenvalue weighted by Crippen LogP contribution is -2.69. The second-order valence-electron chi connectivity index (χ2n) is 15.1. The fourth-order valence-electron chi connectivity index (χ4n) is 9.24. The van der Waals surface area contributed by atoms with Crippen molar-refractivity contribution < 1.29 is 93.1 Å². The molecule has 0 saturated heterocycles. The Kier molecular flexibility index (Phi) is 13.6. The number of hydrogen-bond donors (Lipinski definition) is 7.